The van der Waals surface area contributed by atoms with Crippen molar-refractivity contribution in [3.8, 4) is 0 Å². The van der Waals surface area contributed by atoms with Gasteiger partial charge in [-0.3, -0.25) is 4.79 Å². The van der Waals surface area contributed by atoms with Gasteiger partial charge >= 0.3 is 0 Å². The van der Waals surface area contributed by atoms with Crippen LogP contribution in [0, 0.1) is 0 Å². The van der Waals surface area contributed by atoms with E-state index >= 15 is 0 Å². The molecular weight excluding hydrogens is 248 g/mol. The standard InChI is InChI=1S/C17H20N2O/c1-12(2)14-9-7-13(8-10-14)11-19-17(20)15-5-3-4-6-16(15)18/h3-10,12H,11,18H2,1-2H3,(H,19,20). The Balaban J connectivity index is 1.98. The van der Waals surface area contributed by atoms with E-state index in [1.807, 2.05) is 24.3 Å². The number of amides is 1. The SMILES string of the molecule is CC(C)c1ccc(CNC(=O)c2ccccc2N)cc1. The second-order valence-corrected chi connectivity index (χ2v) is 5.17. The maximum Gasteiger partial charge on any atom is 0.253 e. The molecule has 3 nitrogen and oxygen atoms in total. The fraction of sp³-hybridized carbons (Fsp3) is 0.235. The molecule has 0 radical (unpaired) electrons. The van der Waals surface area contributed by atoms with E-state index in [0.29, 0.717) is 23.7 Å². The van der Waals surface area contributed by atoms with Crippen LogP contribution >= 0.6 is 0 Å². The van der Waals surface area contributed by atoms with Gasteiger partial charge in [0.15, 0.2) is 0 Å². The lowest BCUT2D eigenvalue weighted by Gasteiger charge is -2.09. The summed E-state index contributed by atoms with van der Waals surface area (Å²) in [6.45, 7) is 4.83. The summed E-state index contributed by atoms with van der Waals surface area (Å²) in [4.78, 5) is 12.0. The molecule has 2 aromatic carbocycles. The molecule has 0 bridgehead atoms. The van der Waals surface area contributed by atoms with Crippen molar-refractivity contribution in [1.29, 1.82) is 0 Å². The molecule has 0 aromatic heterocycles. The Hall–Kier alpha value is -2.29. The van der Waals surface area contributed by atoms with Crippen LogP contribution in [0.4, 0.5) is 5.69 Å². The van der Waals surface area contributed by atoms with E-state index in [0.717, 1.165) is 5.56 Å². The Morgan fingerprint density at radius 1 is 1.10 bits per heavy atom. The van der Waals surface area contributed by atoms with E-state index in [1.165, 1.54) is 5.56 Å². The van der Waals surface area contributed by atoms with Crippen LogP contribution in [-0.4, -0.2) is 5.91 Å². The number of carbonyl (C=O) groups is 1. The van der Waals surface area contributed by atoms with Gasteiger partial charge in [-0.15, -0.1) is 0 Å². The fourth-order valence-corrected chi connectivity index (χ4v) is 2.00. The third-order valence-corrected chi connectivity index (χ3v) is 3.30. The number of rotatable bonds is 4. The van der Waals surface area contributed by atoms with Crippen LogP contribution in [-0.2, 0) is 6.54 Å². The Bertz CT molecular complexity index is 588. The van der Waals surface area contributed by atoms with E-state index in [1.54, 1.807) is 12.1 Å². The monoisotopic (exact) mass is 268 g/mol. The van der Waals surface area contributed by atoms with Crippen molar-refractivity contribution in [1.82, 2.24) is 5.32 Å². The number of hydrogen-bond donors (Lipinski definition) is 2. The van der Waals surface area contributed by atoms with Crippen LogP contribution in [0.15, 0.2) is 48.5 Å². The minimum atomic E-state index is -0.143. The largest absolute Gasteiger partial charge is 0.398 e. The zero-order valence-corrected chi connectivity index (χ0v) is 11.9. The lowest BCUT2D eigenvalue weighted by Crippen LogP contribution is -2.23. The van der Waals surface area contributed by atoms with E-state index in [9.17, 15) is 4.79 Å². The van der Waals surface area contributed by atoms with Crippen molar-refractivity contribution in [2.24, 2.45) is 0 Å². The number of benzene rings is 2. The van der Waals surface area contributed by atoms with Gasteiger partial charge in [-0.2, -0.15) is 0 Å². The van der Waals surface area contributed by atoms with Crippen LogP contribution in [0.1, 0.15) is 41.3 Å². The number of nitrogens with one attached hydrogen (secondary N) is 1. The van der Waals surface area contributed by atoms with Gasteiger partial charge in [-0.1, -0.05) is 50.2 Å². The molecule has 0 saturated carbocycles. The van der Waals surface area contributed by atoms with Crippen molar-refractivity contribution in [2.45, 2.75) is 26.3 Å². The molecule has 2 aromatic rings. The minimum absolute atomic E-state index is 0.143. The van der Waals surface area contributed by atoms with Gasteiger partial charge in [-0.25, -0.2) is 0 Å². The molecule has 0 saturated heterocycles. The molecule has 0 aliphatic carbocycles. The average molecular weight is 268 g/mol. The molecule has 2 rings (SSSR count). The van der Waals surface area contributed by atoms with Gasteiger partial charge in [0.1, 0.15) is 0 Å². The van der Waals surface area contributed by atoms with Crippen LogP contribution in [0.2, 0.25) is 0 Å². The predicted octanol–water partition coefficient (Wildman–Crippen LogP) is 3.32. The van der Waals surface area contributed by atoms with Gasteiger partial charge in [0.2, 0.25) is 0 Å². The highest BCUT2D eigenvalue weighted by Gasteiger charge is 2.08. The van der Waals surface area contributed by atoms with Gasteiger partial charge < -0.3 is 11.1 Å². The topological polar surface area (TPSA) is 55.1 Å². The van der Waals surface area contributed by atoms with E-state index in [-0.39, 0.29) is 5.91 Å². The lowest BCUT2D eigenvalue weighted by atomic mass is 10.0. The zero-order valence-electron chi connectivity index (χ0n) is 11.9. The summed E-state index contributed by atoms with van der Waals surface area (Å²) in [5.74, 6) is 0.374. The van der Waals surface area contributed by atoms with Crippen LogP contribution in [0.25, 0.3) is 0 Å². The summed E-state index contributed by atoms with van der Waals surface area (Å²) in [7, 11) is 0. The number of nitrogens with two attached hydrogens (primary N) is 1. The highest BCUT2D eigenvalue weighted by atomic mass is 16.1. The Kier molecular flexibility index (Phi) is 4.41. The van der Waals surface area contributed by atoms with Gasteiger partial charge in [0.05, 0.1) is 5.56 Å². The summed E-state index contributed by atoms with van der Waals surface area (Å²) in [5.41, 5.74) is 9.18. The van der Waals surface area contributed by atoms with Crippen molar-refractivity contribution in [3.63, 3.8) is 0 Å². The van der Waals surface area contributed by atoms with Crippen LogP contribution in [0.5, 0.6) is 0 Å². The molecule has 3 N–H and O–H groups in total. The molecule has 1 amide bonds. The third kappa shape index (κ3) is 3.38. The van der Waals surface area contributed by atoms with Crippen molar-refractivity contribution >= 4 is 11.6 Å². The normalized spacial score (nSPS) is 10.6. The summed E-state index contributed by atoms with van der Waals surface area (Å²) in [6.07, 6.45) is 0. The first kappa shape index (κ1) is 14.1. The molecule has 3 heteroatoms. The first-order valence-corrected chi connectivity index (χ1v) is 6.79. The quantitative estimate of drug-likeness (QED) is 0.836. The number of nitrogen functional groups attached to an aromatic ring is 1. The molecule has 0 aliphatic rings. The van der Waals surface area contributed by atoms with Crippen LogP contribution in [0.3, 0.4) is 0 Å². The van der Waals surface area contributed by atoms with Gasteiger partial charge in [0.25, 0.3) is 5.91 Å². The summed E-state index contributed by atoms with van der Waals surface area (Å²) in [6, 6.07) is 15.4. The van der Waals surface area contributed by atoms with Crippen molar-refractivity contribution < 1.29 is 4.79 Å². The van der Waals surface area contributed by atoms with Gasteiger partial charge in [0, 0.05) is 12.2 Å². The summed E-state index contributed by atoms with van der Waals surface area (Å²) < 4.78 is 0. The highest BCUT2D eigenvalue weighted by Crippen LogP contribution is 2.15. The van der Waals surface area contributed by atoms with E-state index in [4.69, 9.17) is 5.73 Å². The molecular formula is C17H20N2O. The first-order chi connectivity index (χ1) is 9.58. The first-order valence-electron chi connectivity index (χ1n) is 6.79. The molecule has 104 valence electrons. The van der Waals surface area contributed by atoms with E-state index < -0.39 is 0 Å². The molecule has 20 heavy (non-hydrogen) atoms. The second kappa shape index (κ2) is 6.24. The highest BCUT2D eigenvalue weighted by molar-refractivity contribution is 5.98. The van der Waals surface area contributed by atoms with Crippen molar-refractivity contribution in [3.05, 3.63) is 65.2 Å². The Morgan fingerprint density at radius 2 is 1.75 bits per heavy atom. The fourth-order valence-electron chi connectivity index (χ4n) is 2.00. The Morgan fingerprint density at radius 3 is 2.35 bits per heavy atom. The minimum Gasteiger partial charge on any atom is -0.398 e. The zero-order chi connectivity index (χ0) is 14.5. The number of hydrogen-bond acceptors (Lipinski definition) is 2. The molecule has 0 spiro atoms. The van der Waals surface area contributed by atoms with E-state index in [2.05, 4.69) is 31.3 Å². The second-order valence-electron chi connectivity index (χ2n) is 5.17. The molecule has 0 unspecified atom stereocenters. The Labute approximate surface area is 119 Å². The van der Waals surface area contributed by atoms with Crippen molar-refractivity contribution in [2.75, 3.05) is 5.73 Å². The van der Waals surface area contributed by atoms with Crippen LogP contribution < -0.4 is 11.1 Å². The average Bonchev–Trinajstić information content (AvgIpc) is 2.45. The smallest absolute Gasteiger partial charge is 0.253 e. The lowest BCUT2D eigenvalue weighted by molar-refractivity contribution is 0.0952. The molecule has 0 aliphatic heterocycles. The number of para-hydroxylation sites is 1. The third-order valence-electron chi connectivity index (χ3n) is 3.30. The molecule has 0 atom stereocenters. The maximum absolute atomic E-state index is 12.0. The maximum atomic E-state index is 12.0. The number of anilines is 1. The summed E-state index contributed by atoms with van der Waals surface area (Å²) in [5, 5.41) is 2.89. The summed E-state index contributed by atoms with van der Waals surface area (Å²) >= 11 is 0. The molecule has 0 fully saturated rings. The molecule has 0 heterocycles. The predicted molar refractivity (Wildman–Crippen MR) is 82.6 cm³/mol. The number of carbonyl (C=O) groups excluding carboxylic acids is 1. The van der Waals surface area contributed by atoms with Gasteiger partial charge in [-0.05, 0) is 29.2 Å².